The number of aromatic nitrogens is 2. The zero-order valence-electron chi connectivity index (χ0n) is 21.0. The van der Waals surface area contributed by atoms with Crippen LogP contribution in [0.2, 0.25) is 5.02 Å². The Hall–Kier alpha value is -3.39. The Morgan fingerprint density at radius 3 is 2.42 bits per heavy atom. The van der Waals surface area contributed by atoms with Gasteiger partial charge in [0.05, 0.1) is 16.3 Å². The van der Waals surface area contributed by atoms with Crippen molar-refractivity contribution in [3.05, 3.63) is 106 Å². The van der Waals surface area contributed by atoms with Crippen molar-refractivity contribution in [1.82, 2.24) is 14.7 Å². The second-order valence-corrected chi connectivity index (χ2v) is 11.5. The van der Waals surface area contributed by atoms with E-state index < -0.39 is 0 Å². The molecule has 0 N–H and O–H groups in total. The van der Waals surface area contributed by atoms with E-state index in [1.54, 1.807) is 4.90 Å². The molecule has 1 aliphatic rings. The summed E-state index contributed by atoms with van der Waals surface area (Å²) >= 11 is 12.8. The molecule has 5 nitrogen and oxygen atoms in total. The Labute approximate surface area is 237 Å². The van der Waals surface area contributed by atoms with Gasteiger partial charge in [0.25, 0.3) is 5.91 Å². The van der Waals surface area contributed by atoms with Crippen molar-refractivity contribution in [2.45, 2.75) is 20.5 Å². The Morgan fingerprint density at radius 1 is 1.03 bits per heavy atom. The number of benzene rings is 3. The molecule has 3 aromatic carbocycles. The third kappa shape index (κ3) is 6.01. The van der Waals surface area contributed by atoms with Crippen LogP contribution in [0.5, 0.6) is 5.75 Å². The maximum absolute atomic E-state index is 13.1. The molecular formula is C30H26ClN3O2S2. The van der Waals surface area contributed by atoms with E-state index in [1.807, 2.05) is 95.8 Å². The number of nitrogens with zero attached hydrogens (tertiary/aromatic N) is 3. The van der Waals surface area contributed by atoms with Crippen molar-refractivity contribution in [3.63, 3.8) is 0 Å². The van der Waals surface area contributed by atoms with Crippen LogP contribution >= 0.6 is 35.6 Å². The summed E-state index contributed by atoms with van der Waals surface area (Å²) in [6.45, 7) is 5.21. The fourth-order valence-electron chi connectivity index (χ4n) is 4.05. The van der Waals surface area contributed by atoms with Crippen LogP contribution in [-0.4, -0.2) is 31.5 Å². The predicted molar refractivity (Wildman–Crippen MR) is 160 cm³/mol. The van der Waals surface area contributed by atoms with E-state index in [4.69, 9.17) is 33.7 Å². The molecular weight excluding hydrogens is 534 g/mol. The smallest absolute Gasteiger partial charge is 0.266 e. The first-order valence-corrected chi connectivity index (χ1v) is 13.9. The molecule has 1 fully saturated rings. The second-order valence-electron chi connectivity index (χ2n) is 9.34. The molecule has 1 saturated heterocycles. The number of halogens is 1. The minimum atomic E-state index is -0.0574. The van der Waals surface area contributed by atoms with Crippen LogP contribution < -0.4 is 4.74 Å². The van der Waals surface area contributed by atoms with Crippen molar-refractivity contribution in [2.24, 2.45) is 5.92 Å². The van der Waals surface area contributed by atoms with Gasteiger partial charge >= 0.3 is 0 Å². The van der Waals surface area contributed by atoms with Gasteiger partial charge in [0, 0.05) is 28.9 Å². The van der Waals surface area contributed by atoms with Gasteiger partial charge in [-0.15, -0.1) is 0 Å². The molecule has 38 heavy (non-hydrogen) atoms. The molecule has 1 aromatic heterocycles. The molecule has 4 aromatic rings. The van der Waals surface area contributed by atoms with Gasteiger partial charge in [-0.1, -0.05) is 79.8 Å². The number of hydrogen-bond acceptors (Lipinski definition) is 5. The number of para-hydroxylation sites is 1. The van der Waals surface area contributed by atoms with Crippen LogP contribution in [0.3, 0.4) is 0 Å². The molecule has 0 unspecified atom stereocenters. The topological polar surface area (TPSA) is 47.4 Å². The summed E-state index contributed by atoms with van der Waals surface area (Å²) in [6.07, 6.45) is 3.84. The zero-order chi connectivity index (χ0) is 26.6. The summed E-state index contributed by atoms with van der Waals surface area (Å²) < 4.78 is 8.38. The van der Waals surface area contributed by atoms with E-state index >= 15 is 0 Å². The van der Waals surface area contributed by atoms with E-state index in [0.29, 0.717) is 33.3 Å². The average Bonchev–Trinajstić information content (AvgIpc) is 3.45. The van der Waals surface area contributed by atoms with Crippen LogP contribution in [0.4, 0.5) is 0 Å². The Morgan fingerprint density at radius 2 is 1.74 bits per heavy atom. The summed E-state index contributed by atoms with van der Waals surface area (Å²) in [7, 11) is 0. The molecule has 1 aliphatic heterocycles. The van der Waals surface area contributed by atoms with E-state index in [1.165, 1.54) is 11.8 Å². The molecule has 0 radical (unpaired) electrons. The summed E-state index contributed by atoms with van der Waals surface area (Å²) in [4.78, 5) is 15.4. The van der Waals surface area contributed by atoms with Crippen LogP contribution in [0.25, 0.3) is 23.0 Å². The van der Waals surface area contributed by atoms with Crippen molar-refractivity contribution >= 4 is 51.9 Å². The maximum atomic E-state index is 13.1. The van der Waals surface area contributed by atoms with E-state index in [-0.39, 0.29) is 5.91 Å². The lowest BCUT2D eigenvalue weighted by Gasteiger charge is -2.16. The molecule has 1 amide bonds. The Balaban J connectivity index is 1.44. The number of ether oxygens (including phenoxy) is 1. The van der Waals surface area contributed by atoms with Crippen molar-refractivity contribution in [2.75, 3.05) is 6.54 Å². The quantitative estimate of drug-likeness (QED) is 0.164. The summed E-state index contributed by atoms with van der Waals surface area (Å²) in [5.74, 6) is 1.02. The molecule has 0 bridgehead atoms. The molecule has 0 atom stereocenters. The molecule has 8 heteroatoms. The lowest BCUT2D eigenvalue weighted by atomic mass is 10.1. The summed E-state index contributed by atoms with van der Waals surface area (Å²) in [5, 5.41) is 5.59. The van der Waals surface area contributed by atoms with Gasteiger partial charge in [-0.25, -0.2) is 4.68 Å². The van der Waals surface area contributed by atoms with Gasteiger partial charge in [0.1, 0.15) is 16.7 Å². The molecule has 0 aliphatic carbocycles. The van der Waals surface area contributed by atoms with E-state index in [0.717, 1.165) is 33.8 Å². The van der Waals surface area contributed by atoms with Crippen molar-refractivity contribution < 1.29 is 9.53 Å². The van der Waals surface area contributed by atoms with Crippen molar-refractivity contribution in [3.8, 4) is 22.7 Å². The van der Waals surface area contributed by atoms with Gasteiger partial charge in [0.15, 0.2) is 0 Å². The first-order chi connectivity index (χ1) is 18.4. The highest BCUT2D eigenvalue weighted by Crippen LogP contribution is 2.35. The first kappa shape index (κ1) is 26.2. The highest BCUT2D eigenvalue weighted by molar-refractivity contribution is 8.26. The van der Waals surface area contributed by atoms with Gasteiger partial charge in [-0.2, -0.15) is 5.10 Å². The van der Waals surface area contributed by atoms with E-state index in [2.05, 4.69) is 13.8 Å². The third-order valence-corrected chi connectivity index (χ3v) is 7.55. The van der Waals surface area contributed by atoms with E-state index in [9.17, 15) is 4.79 Å². The zero-order valence-corrected chi connectivity index (χ0v) is 23.4. The predicted octanol–water partition coefficient (Wildman–Crippen LogP) is 7.63. The molecule has 5 rings (SSSR count). The third-order valence-electron chi connectivity index (χ3n) is 5.92. The first-order valence-electron chi connectivity index (χ1n) is 12.3. The normalized spacial score (nSPS) is 14.6. The van der Waals surface area contributed by atoms with Crippen molar-refractivity contribution in [1.29, 1.82) is 0 Å². The minimum absolute atomic E-state index is 0.0574. The summed E-state index contributed by atoms with van der Waals surface area (Å²) in [5.41, 5.74) is 4.50. The van der Waals surface area contributed by atoms with Gasteiger partial charge < -0.3 is 4.74 Å². The van der Waals surface area contributed by atoms with Gasteiger partial charge in [-0.05, 0) is 66.1 Å². The fraction of sp³-hybridized carbons (Fsp3) is 0.167. The van der Waals surface area contributed by atoms with Crippen LogP contribution in [0.15, 0.2) is 90.0 Å². The Kier molecular flexibility index (Phi) is 7.98. The number of hydrogen-bond donors (Lipinski definition) is 0. The number of thioether (sulfide) groups is 1. The molecule has 2 heterocycles. The number of carbonyl (C=O) groups is 1. The monoisotopic (exact) mass is 559 g/mol. The highest BCUT2D eigenvalue weighted by Gasteiger charge is 2.32. The lowest BCUT2D eigenvalue weighted by molar-refractivity contribution is -0.122. The number of carbonyl (C=O) groups excluding carboxylic acids is 1. The lowest BCUT2D eigenvalue weighted by Crippen LogP contribution is -2.31. The van der Waals surface area contributed by atoms with Crippen LogP contribution in [0.1, 0.15) is 25.0 Å². The summed E-state index contributed by atoms with van der Waals surface area (Å²) in [6, 6.07) is 25.3. The van der Waals surface area contributed by atoms with Gasteiger partial charge in [-0.3, -0.25) is 9.69 Å². The minimum Gasteiger partial charge on any atom is -0.489 e. The fourth-order valence-corrected chi connectivity index (χ4v) is 5.44. The largest absolute Gasteiger partial charge is 0.489 e. The number of amides is 1. The maximum Gasteiger partial charge on any atom is 0.266 e. The van der Waals surface area contributed by atoms with Crippen LogP contribution in [0, 0.1) is 5.92 Å². The standard InChI is InChI=1S/C30H26ClN3O2S2/c1-20(2)17-33-29(35)27(38-30(33)37)16-23-18-34(25-6-4-3-5-7-25)32-28(23)22-10-14-26(15-11-22)36-19-21-8-12-24(31)13-9-21/h3-16,18,20H,17,19H2,1-2H3. The molecule has 0 saturated carbocycles. The molecule has 0 spiro atoms. The average molecular weight is 560 g/mol. The van der Waals surface area contributed by atoms with Crippen LogP contribution in [-0.2, 0) is 11.4 Å². The van der Waals surface area contributed by atoms with Gasteiger partial charge in [0.2, 0.25) is 0 Å². The SMILES string of the molecule is CC(C)CN1C(=O)C(=Cc2cn(-c3ccccc3)nc2-c2ccc(OCc3ccc(Cl)cc3)cc2)SC1=S. The highest BCUT2D eigenvalue weighted by atomic mass is 35.5. The number of thiocarbonyl (C=S) groups is 1. The second kappa shape index (κ2) is 11.6. The molecule has 192 valence electrons. The Bertz CT molecular complexity index is 1480. The number of rotatable bonds is 8.